The van der Waals surface area contributed by atoms with Gasteiger partial charge in [0, 0.05) is 6.07 Å². The molecule has 0 saturated heterocycles. The molecule has 1 aromatic heterocycles. The Morgan fingerprint density at radius 3 is 2.64 bits per heavy atom. The number of thiol groups is 1. The Bertz CT molecular complexity index is 315. The zero-order chi connectivity index (χ0) is 8.27. The van der Waals surface area contributed by atoms with Gasteiger partial charge in [-0.15, -0.1) is 0 Å². The second kappa shape index (κ2) is 3.20. The summed E-state index contributed by atoms with van der Waals surface area (Å²) in [5.41, 5.74) is 0. The Morgan fingerprint density at radius 2 is 2.18 bits per heavy atom. The number of carbonyl (C=O) groups excluding carboxylic acids is 1. The summed E-state index contributed by atoms with van der Waals surface area (Å²) in [6.07, 6.45) is 0.449. The standard InChI is InChI=1S/C5H4O5S/c6-3-4-1-2-5(9-4)10-11(7)8/h1-3,11H. The van der Waals surface area contributed by atoms with Crippen molar-refractivity contribution in [3.05, 3.63) is 17.9 Å². The smallest absolute Gasteiger partial charge is 0.302 e. The Morgan fingerprint density at radius 1 is 1.45 bits per heavy atom. The van der Waals surface area contributed by atoms with Crippen LogP contribution in [0.5, 0.6) is 5.95 Å². The molecule has 0 aliphatic rings. The van der Waals surface area contributed by atoms with Crippen LogP contribution in [0.1, 0.15) is 10.6 Å². The monoisotopic (exact) mass is 176 g/mol. The van der Waals surface area contributed by atoms with E-state index in [1.165, 1.54) is 12.1 Å². The highest BCUT2D eigenvalue weighted by molar-refractivity contribution is 7.67. The molecular formula is C5H4O5S. The van der Waals surface area contributed by atoms with Crippen molar-refractivity contribution in [1.29, 1.82) is 0 Å². The van der Waals surface area contributed by atoms with Crippen LogP contribution < -0.4 is 4.18 Å². The zero-order valence-electron chi connectivity index (χ0n) is 5.22. The lowest BCUT2D eigenvalue weighted by atomic mass is 10.5. The molecule has 1 heterocycles. The van der Waals surface area contributed by atoms with Crippen LogP contribution in [0.25, 0.3) is 0 Å². The highest BCUT2D eigenvalue weighted by atomic mass is 32.2. The maximum absolute atomic E-state index is 10.0. The lowest BCUT2D eigenvalue weighted by Gasteiger charge is -1.86. The van der Waals surface area contributed by atoms with E-state index in [9.17, 15) is 13.2 Å². The van der Waals surface area contributed by atoms with Crippen LogP contribution in [0.15, 0.2) is 16.5 Å². The predicted molar refractivity (Wildman–Crippen MR) is 35.0 cm³/mol. The first-order valence-corrected chi connectivity index (χ1v) is 3.69. The Labute approximate surface area is 63.7 Å². The normalized spacial score (nSPS) is 9.91. The maximum Gasteiger partial charge on any atom is 0.302 e. The third kappa shape index (κ3) is 2.08. The molecule has 11 heavy (non-hydrogen) atoms. The van der Waals surface area contributed by atoms with Gasteiger partial charge in [-0.2, -0.15) is 8.42 Å². The minimum Gasteiger partial charge on any atom is -0.422 e. The van der Waals surface area contributed by atoms with Crippen LogP contribution in [-0.2, 0) is 11.0 Å². The Balaban J connectivity index is 2.80. The fourth-order valence-electron chi connectivity index (χ4n) is 0.520. The molecule has 0 saturated carbocycles. The quantitative estimate of drug-likeness (QED) is 0.518. The third-order valence-electron chi connectivity index (χ3n) is 0.883. The van der Waals surface area contributed by atoms with Crippen LogP contribution in [0.2, 0.25) is 0 Å². The van der Waals surface area contributed by atoms with E-state index >= 15 is 0 Å². The number of rotatable bonds is 3. The first-order chi connectivity index (χ1) is 5.22. The molecule has 0 bridgehead atoms. The minimum atomic E-state index is -2.98. The van der Waals surface area contributed by atoms with E-state index in [2.05, 4.69) is 8.60 Å². The molecule has 5 nitrogen and oxygen atoms in total. The lowest BCUT2D eigenvalue weighted by Crippen LogP contribution is -1.86. The molecule has 1 rings (SSSR count). The third-order valence-corrected chi connectivity index (χ3v) is 1.21. The van der Waals surface area contributed by atoms with E-state index in [0.29, 0.717) is 6.29 Å². The van der Waals surface area contributed by atoms with Crippen molar-refractivity contribution in [1.82, 2.24) is 0 Å². The highest BCUT2D eigenvalue weighted by Crippen LogP contribution is 2.13. The fraction of sp³-hybridized carbons (Fsp3) is 0. The summed E-state index contributed by atoms with van der Waals surface area (Å²) in [7, 11) is -2.98. The number of furan rings is 1. The van der Waals surface area contributed by atoms with Gasteiger partial charge in [0.15, 0.2) is 12.0 Å². The molecule has 1 aromatic rings. The minimum absolute atomic E-state index is 0.0249. The van der Waals surface area contributed by atoms with Crippen molar-refractivity contribution in [3.8, 4) is 5.95 Å². The molecule has 0 amide bonds. The summed E-state index contributed by atoms with van der Waals surface area (Å²) >= 11 is 0. The van der Waals surface area contributed by atoms with E-state index in [4.69, 9.17) is 0 Å². The number of hydrogen-bond acceptors (Lipinski definition) is 5. The fourth-order valence-corrected chi connectivity index (χ4v) is 0.765. The molecule has 0 fully saturated rings. The van der Waals surface area contributed by atoms with Gasteiger partial charge in [-0.3, -0.25) is 4.79 Å². The summed E-state index contributed by atoms with van der Waals surface area (Å²) in [6, 6.07) is 2.55. The van der Waals surface area contributed by atoms with Gasteiger partial charge in [0.2, 0.25) is 0 Å². The van der Waals surface area contributed by atoms with Gasteiger partial charge >= 0.3 is 16.9 Å². The topological polar surface area (TPSA) is 73.6 Å². The Hall–Kier alpha value is -1.30. The SMILES string of the molecule is O=Cc1ccc(O[SH](=O)=O)o1. The van der Waals surface area contributed by atoms with Crippen molar-refractivity contribution in [3.63, 3.8) is 0 Å². The molecule has 0 unspecified atom stereocenters. The second-order valence-electron chi connectivity index (χ2n) is 1.59. The van der Waals surface area contributed by atoms with Crippen LogP contribution in [0.3, 0.4) is 0 Å². The molecule has 0 spiro atoms. The molecular weight excluding hydrogens is 172 g/mol. The maximum atomic E-state index is 10.0. The van der Waals surface area contributed by atoms with E-state index in [1.54, 1.807) is 0 Å². The first kappa shape index (κ1) is 7.80. The van der Waals surface area contributed by atoms with Crippen LogP contribution in [0.4, 0.5) is 0 Å². The average molecular weight is 176 g/mol. The van der Waals surface area contributed by atoms with E-state index in [1.807, 2.05) is 0 Å². The molecule has 0 radical (unpaired) electrons. The molecule has 0 atom stereocenters. The highest BCUT2D eigenvalue weighted by Gasteiger charge is 2.00. The van der Waals surface area contributed by atoms with E-state index in [-0.39, 0.29) is 11.7 Å². The molecule has 0 aromatic carbocycles. The van der Waals surface area contributed by atoms with Crippen LogP contribution in [-0.4, -0.2) is 14.7 Å². The second-order valence-corrected chi connectivity index (χ2v) is 2.22. The van der Waals surface area contributed by atoms with Gasteiger partial charge in [-0.1, -0.05) is 0 Å². The number of aldehydes is 1. The summed E-state index contributed by atoms with van der Waals surface area (Å²) in [4.78, 5) is 10.0. The van der Waals surface area contributed by atoms with E-state index < -0.39 is 11.0 Å². The lowest BCUT2D eigenvalue weighted by molar-refractivity contribution is 0.109. The zero-order valence-corrected chi connectivity index (χ0v) is 6.11. The first-order valence-electron chi connectivity index (χ1n) is 2.60. The number of carbonyl (C=O) groups is 1. The largest absolute Gasteiger partial charge is 0.422 e. The molecule has 6 heteroatoms. The van der Waals surface area contributed by atoms with Gasteiger partial charge in [0.05, 0.1) is 0 Å². The molecule has 0 aliphatic heterocycles. The molecule has 0 N–H and O–H groups in total. The van der Waals surface area contributed by atoms with E-state index in [0.717, 1.165) is 0 Å². The predicted octanol–water partition coefficient (Wildman–Crippen LogP) is -0.00270. The van der Waals surface area contributed by atoms with Crippen molar-refractivity contribution in [2.75, 3.05) is 0 Å². The van der Waals surface area contributed by atoms with Crippen LogP contribution >= 0.6 is 0 Å². The van der Waals surface area contributed by atoms with Gasteiger partial charge in [-0.25, -0.2) is 0 Å². The molecule has 0 aliphatic carbocycles. The number of hydrogen-bond donors (Lipinski definition) is 1. The summed E-state index contributed by atoms with van der Waals surface area (Å²) in [5, 5.41) is 0. The van der Waals surface area contributed by atoms with Crippen molar-refractivity contribution >= 4 is 17.3 Å². The average Bonchev–Trinajstić information content (AvgIpc) is 2.34. The molecule has 60 valence electrons. The Kier molecular flexibility index (Phi) is 2.27. The van der Waals surface area contributed by atoms with Gasteiger partial charge in [0.25, 0.3) is 0 Å². The van der Waals surface area contributed by atoms with Crippen molar-refractivity contribution in [2.24, 2.45) is 0 Å². The summed E-state index contributed by atoms with van der Waals surface area (Å²) in [6.45, 7) is 0. The van der Waals surface area contributed by atoms with Crippen LogP contribution in [0, 0.1) is 0 Å². The summed E-state index contributed by atoms with van der Waals surface area (Å²) in [5.74, 6) is -0.180. The van der Waals surface area contributed by atoms with Gasteiger partial charge in [-0.05, 0) is 6.07 Å². The van der Waals surface area contributed by atoms with Crippen molar-refractivity contribution < 1.29 is 21.8 Å². The van der Waals surface area contributed by atoms with Gasteiger partial charge < -0.3 is 8.60 Å². The summed E-state index contributed by atoms with van der Waals surface area (Å²) < 4.78 is 28.6. The van der Waals surface area contributed by atoms with Gasteiger partial charge in [0.1, 0.15) is 0 Å². The van der Waals surface area contributed by atoms with Crippen molar-refractivity contribution in [2.45, 2.75) is 0 Å².